The topological polar surface area (TPSA) is 57.7 Å². The van der Waals surface area contributed by atoms with Crippen molar-refractivity contribution in [1.82, 2.24) is 9.80 Å². The van der Waals surface area contributed by atoms with Crippen LogP contribution in [0.3, 0.4) is 0 Å². The zero-order valence-electron chi connectivity index (χ0n) is 14.1. The summed E-state index contributed by atoms with van der Waals surface area (Å²) in [5.74, 6) is -0.686. The van der Waals surface area contributed by atoms with Gasteiger partial charge in [0.05, 0.1) is 11.1 Å². The van der Waals surface area contributed by atoms with Crippen molar-refractivity contribution in [2.24, 2.45) is 0 Å². The molecule has 6 heteroatoms. The molecule has 2 aliphatic heterocycles. The molecular formula is C20H17BrN2O3. The quantitative estimate of drug-likeness (QED) is 0.727. The Morgan fingerprint density at radius 1 is 1.00 bits per heavy atom. The number of carbonyl (C=O) groups excluding carboxylic acids is 3. The molecule has 0 atom stereocenters. The van der Waals surface area contributed by atoms with Crippen molar-refractivity contribution in [3.8, 4) is 0 Å². The van der Waals surface area contributed by atoms with Gasteiger partial charge in [-0.15, -0.1) is 0 Å². The van der Waals surface area contributed by atoms with Crippen molar-refractivity contribution in [3.05, 3.63) is 69.2 Å². The van der Waals surface area contributed by atoms with Crippen molar-refractivity contribution in [3.63, 3.8) is 0 Å². The smallest absolute Gasteiger partial charge is 0.261 e. The predicted octanol–water partition coefficient (Wildman–Crippen LogP) is 3.02. The number of hydrogen-bond acceptors (Lipinski definition) is 3. The molecule has 0 spiro atoms. The summed E-state index contributed by atoms with van der Waals surface area (Å²) in [5, 5.41) is 0. The van der Waals surface area contributed by atoms with Gasteiger partial charge in [-0.05, 0) is 35.7 Å². The Bertz CT molecular complexity index is 925. The number of nitrogens with zero attached hydrogens (tertiary/aromatic N) is 2. The van der Waals surface area contributed by atoms with Crippen LogP contribution in [0.4, 0.5) is 0 Å². The summed E-state index contributed by atoms with van der Waals surface area (Å²) < 4.78 is 0.752. The molecule has 132 valence electrons. The molecule has 0 aromatic heterocycles. The Hall–Kier alpha value is -2.47. The fourth-order valence-corrected chi connectivity index (χ4v) is 3.90. The molecule has 0 radical (unpaired) electrons. The van der Waals surface area contributed by atoms with Gasteiger partial charge < -0.3 is 4.90 Å². The molecule has 0 unspecified atom stereocenters. The lowest BCUT2D eigenvalue weighted by molar-refractivity contribution is -0.132. The van der Waals surface area contributed by atoms with Gasteiger partial charge in [-0.1, -0.05) is 40.2 Å². The van der Waals surface area contributed by atoms with Gasteiger partial charge in [-0.2, -0.15) is 0 Å². The number of benzene rings is 2. The van der Waals surface area contributed by atoms with E-state index in [9.17, 15) is 14.4 Å². The summed E-state index contributed by atoms with van der Waals surface area (Å²) in [6.07, 6.45) is 0.984. The van der Waals surface area contributed by atoms with E-state index in [0.29, 0.717) is 24.2 Å². The molecule has 0 N–H and O–H groups in total. The van der Waals surface area contributed by atoms with E-state index in [-0.39, 0.29) is 30.7 Å². The molecule has 2 heterocycles. The number of fused-ring (bicyclic) bond motifs is 2. The van der Waals surface area contributed by atoms with Crippen molar-refractivity contribution in [2.45, 2.75) is 19.4 Å². The van der Waals surface area contributed by atoms with Crippen LogP contribution >= 0.6 is 15.9 Å². The van der Waals surface area contributed by atoms with Crippen LogP contribution < -0.4 is 0 Å². The number of hydrogen-bond donors (Lipinski definition) is 0. The Kier molecular flexibility index (Phi) is 4.36. The van der Waals surface area contributed by atoms with Crippen LogP contribution in [-0.4, -0.2) is 40.6 Å². The molecule has 0 bridgehead atoms. The maximum absolute atomic E-state index is 12.6. The van der Waals surface area contributed by atoms with Gasteiger partial charge in [0.15, 0.2) is 0 Å². The van der Waals surface area contributed by atoms with Crippen LogP contribution in [0, 0.1) is 0 Å². The fourth-order valence-electron chi connectivity index (χ4n) is 3.54. The standard InChI is InChI=1S/C20H17BrN2O3/c21-15-5-6-16-17(11-15)20(26)23(19(16)25)10-8-18(24)22-9-7-13-3-1-2-4-14(13)12-22/h1-6,11H,7-10,12H2. The second-order valence-electron chi connectivity index (χ2n) is 6.54. The zero-order chi connectivity index (χ0) is 18.3. The molecule has 4 rings (SSSR count). The summed E-state index contributed by atoms with van der Waals surface area (Å²) >= 11 is 3.32. The van der Waals surface area contributed by atoms with Crippen molar-refractivity contribution in [2.75, 3.05) is 13.1 Å². The number of rotatable bonds is 3. The molecule has 0 fully saturated rings. The zero-order valence-corrected chi connectivity index (χ0v) is 15.7. The van der Waals surface area contributed by atoms with Gasteiger partial charge in [-0.3, -0.25) is 19.3 Å². The normalized spacial score (nSPS) is 15.9. The average molecular weight is 413 g/mol. The Morgan fingerprint density at radius 2 is 1.73 bits per heavy atom. The minimum Gasteiger partial charge on any atom is -0.338 e. The Morgan fingerprint density at radius 3 is 2.54 bits per heavy atom. The van der Waals surface area contributed by atoms with E-state index in [0.717, 1.165) is 16.5 Å². The van der Waals surface area contributed by atoms with E-state index in [1.807, 2.05) is 18.2 Å². The molecule has 2 aromatic rings. The summed E-state index contributed by atoms with van der Waals surface area (Å²) in [6.45, 7) is 1.37. The molecule has 2 aliphatic rings. The fraction of sp³-hybridized carbons (Fsp3) is 0.250. The summed E-state index contributed by atoms with van der Waals surface area (Å²) in [7, 11) is 0. The van der Waals surface area contributed by atoms with Gasteiger partial charge in [-0.25, -0.2) is 0 Å². The number of amides is 3. The first-order chi connectivity index (χ1) is 12.5. The summed E-state index contributed by atoms with van der Waals surface area (Å²) in [6, 6.07) is 13.2. The first kappa shape index (κ1) is 17.0. The molecular weight excluding hydrogens is 396 g/mol. The molecule has 5 nitrogen and oxygen atoms in total. The molecule has 26 heavy (non-hydrogen) atoms. The van der Waals surface area contributed by atoms with E-state index in [4.69, 9.17) is 0 Å². The van der Waals surface area contributed by atoms with Crippen LogP contribution in [0.25, 0.3) is 0 Å². The van der Waals surface area contributed by atoms with Crippen molar-refractivity contribution >= 4 is 33.7 Å². The minimum absolute atomic E-state index is 0.0303. The first-order valence-electron chi connectivity index (χ1n) is 8.55. The van der Waals surface area contributed by atoms with Gasteiger partial charge in [0.2, 0.25) is 5.91 Å². The van der Waals surface area contributed by atoms with Gasteiger partial charge in [0.1, 0.15) is 0 Å². The average Bonchev–Trinajstić information content (AvgIpc) is 2.89. The summed E-state index contributed by atoms with van der Waals surface area (Å²) in [5.41, 5.74) is 3.24. The maximum atomic E-state index is 12.6. The second kappa shape index (κ2) is 6.68. The summed E-state index contributed by atoms with van der Waals surface area (Å²) in [4.78, 5) is 40.5. The van der Waals surface area contributed by atoms with E-state index in [1.54, 1.807) is 23.1 Å². The lowest BCUT2D eigenvalue weighted by atomic mass is 10.00. The molecule has 2 aromatic carbocycles. The highest BCUT2D eigenvalue weighted by atomic mass is 79.9. The van der Waals surface area contributed by atoms with Crippen LogP contribution in [0.15, 0.2) is 46.9 Å². The maximum Gasteiger partial charge on any atom is 0.261 e. The van der Waals surface area contributed by atoms with Gasteiger partial charge >= 0.3 is 0 Å². The van der Waals surface area contributed by atoms with Crippen LogP contribution in [0.2, 0.25) is 0 Å². The molecule has 0 aliphatic carbocycles. The second-order valence-corrected chi connectivity index (χ2v) is 7.45. The third-order valence-electron chi connectivity index (χ3n) is 4.97. The lowest BCUT2D eigenvalue weighted by Gasteiger charge is -2.29. The van der Waals surface area contributed by atoms with Crippen LogP contribution in [-0.2, 0) is 17.8 Å². The Labute approximate surface area is 159 Å². The van der Waals surface area contributed by atoms with E-state index in [2.05, 4.69) is 22.0 Å². The van der Waals surface area contributed by atoms with E-state index in [1.165, 1.54) is 10.5 Å². The number of halogens is 1. The third-order valence-corrected chi connectivity index (χ3v) is 5.46. The number of carbonyl (C=O) groups is 3. The lowest BCUT2D eigenvalue weighted by Crippen LogP contribution is -2.39. The van der Waals surface area contributed by atoms with Gasteiger partial charge in [0.25, 0.3) is 11.8 Å². The Balaban J connectivity index is 1.41. The van der Waals surface area contributed by atoms with Crippen LogP contribution in [0.1, 0.15) is 38.3 Å². The highest BCUT2D eigenvalue weighted by Crippen LogP contribution is 2.26. The third kappa shape index (κ3) is 2.94. The van der Waals surface area contributed by atoms with E-state index >= 15 is 0 Å². The highest BCUT2D eigenvalue weighted by molar-refractivity contribution is 9.10. The number of imide groups is 1. The minimum atomic E-state index is -0.330. The largest absolute Gasteiger partial charge is 0.338 e. The molecule has 0 saturated carbocycles. The molecule has 3 amide bonds. The first-order valence-corrected chi connectivity index (χ1v) is 9.34. The van der Waals surface area contributed by atoms with Crippen molar-refractivity contribution in [1.29, 1.82) is 0 Å². The van der Waals surface area contributed by atoms with Crippen LogP contribution in [0.5, 0.6) is 0 Å². The molecule has 0 saturated heterocycles. The predicted molar refractivity (Wildman–Crippen MR) is 99.7 cm³/mol. The van der Waals surface area contributed by atoms with Crippen molar-refractivity contribution < 1.29 is 14.4 Å². The highest BCUT2D eigenvalue weighted by Gasteiger charge is 2.35. The van der Waals surface area contributed by atoms with E-state index < -0.39 is 0 Å². The monoisotopic (exact) mass is 412 g/mol. The van der Waals surface area contributed by atoms with Gasteiger partial charge in [0, 0.05) is 30.5 Å². The SMILES string of the molecule is O=C(CCN1C(=O)c2ccc(Br)cc2C1=O)N1CCc2ccccc2C1.